The lowest BCUT2D eigenvalue weighted by Crippen LogP contribution is -2.50. The summed E-state index contributed by atoms with van der Waals surface area (Å²) in [5.41, 5.74) is -1.02. The molecule has 0 aromatic carbocycles. The van der Waals surface area contributed by atoms with E-state index in [1.165, 1.54) is 0 Å². The first kappa shape index (κ1) is 12.6. The summed E-state index contributed by atoms with van der Waals surface area (Å²) >= 11 is 0. The van der Waals surface area contributed by atoms with Crippen LogP contribution in [0.3, 0.4) is 0 Å². The molecule has 2 fully saturated rings. The Hall–Kier alpha value is -0.380. The van der Waals surface area contributed by atoms with Crippen LogP contribution in [0.15, 0.2) is 12.2 Å². The van der Waals surface area contributed by atoms with Crippen molar-refractivity contribution in [3.8, 4) is 0 Å². The molecule has 1 saturated heterocycles. The van der Waals surface area contributed by atoms with Gasteiger partial charge in [-0.25, -0.2) is 0 Å². The molecule has 3 nitrogen and oxygen atoms in total. The van der Waals surface area contributed by atoms with Crippen molar-refractivity contribution >= 4 is 0 Å². The lowest BCUT2D eigenvalue weighted by molar-refractivity contribution is -0.0299. The molecule has 2 N–H and O–H groups in total. The molecule has 0 amide bonds. The predicted octanol–water partition coefficient (Wildman–Crippen LogP) is 2.02. The molecule has 0 unspecified atom stereocenters. The van der Waals surface area contributed by atoms with Crippen molar-refractivity contribution in [1.29, 1.82) is 0 Å². The van der Waals surface area contributed by atoms with Crippen molar-refractivity contribution in [2.45, 2.75) is 63.8 Å². The van der Waals surface area contributed by atoms with E-state index in [1.807, 2.05) is 13.0 Å². The first-order valence-electron chi connectivity index (χ1n) is 7.00. The maximum Gasteiger partial charge on any atom is 0.123 e. The molecule has 1 aliphatic heterocycles. The quantitative estimate of drug-likeness (QED) is 0.554. The average Bonchev–Trinajstić information content (AvgIpc) is 3.07. The Morgan fingerprint density at radius 2 is 1.78 bits per heavy atom. The molecule has 2 aliphatic carbocycles. The highest BCUT2D eigenvalue weighted by Gasteiger charge is 2.71. The molecule has 3 heteroatoms. The smallest absolute Gasteiger partial charge is 0.123 e. The van der Waals surface area contributed by atoms with Crippen LogP contribution < -0.4 is 0 Å². The van der Waals surface area contributed by atoms with Gasteiger partial charge in [0.05, 0.1) is 18.3 Å². The fraction of sp³-hybridized carbons (Fsp3) is 0.867. The van der Waals surface area contributed by atoms with Crippen LogP contribution in [0.4, 0.5) is 0 Å². The standard InChI is InChI=1S/C15H24O3/c1-12(6-8-13(2,17)9-7-12)14(3)5-4-11(16)15(14)10-18-15/h6,8,11,16-17H,4-5,7,9-10H2,1-3H3/t11-,12-,13-,14-,15+/m1/s1. The third-order valence-electron chi connectivity index (χ3n) is 6.07. The normalized spacial score (nSPS) is 59.3. The van der Waals surface area contributed by atoms with Gasteiger partial charge in [0.2, 0.25) is 0 Å². The van der Waals surface area contributed by atoms with E-state index >= 15 is 0 Å². The Morgan fingerprint density at radius 3 is 2.28 bits per heavy atom. The highest BCUT2D eigenvalue weighted by atomic mass is 16.6. The van der Waals surface area contributed by atoms with Crippen molar-refractivity contribution in [3.63, 3.8) is 0 Å². The van der Waals surface area contributed by atoms with E-state index in [-0.39, 0.29) is 22.5 Å². The number of rotatable bonds is 1. The lowest BCUT2D eigenvalue weighted by atomic mass is 9.55. The van der Waals surface area contributed by atoms with Gasteiger partial charge in [0, 0.05) is 5.41 Å². The molecule has 5 atom stereocenters. The molecule has 1 saturated carbocycles. The van der Waals surface area contributed by atoms with Gasteiger partial charge in [-0.15, -0.1) is 0 Å². The molecule has 1 spiro atoms. The first-order chi connectivity index (χ1) is 8.25. The number of allylic oxidation sites excluding steroid dienone is 1. The molecular weight excluding hydrogens is 228 g/mol. The fourth-order valence-electron chi connectivity index (χ4n) is 4.10. The minimum atomic E-state index is -0.676. The van der Waals surface area contributed by atoms with Gasteiger partial charge >= 0.3 is 0 Å². The number of aliphatic hydroxyl groups excluding tert-OH is 1. The summed E-state index contributed by atoms with van der Waals surface area (Å²) in [6.45, 7) is 7.05. The molecule has 1 heterocycles. The van der Waals surface area contributed by atoms with Gasteiger partial charge in [-0.3, -0.25) is 0 Å². The van der Waals surface area contributed by atoms with Crippen molar-refractivity contribution in [1.82, 2.24) is 0 Å². The molecule has 3 rings (SSSR count). The van der Waals surface area contributed by atoms with Crippen molar-refractivity contribution in [3.05, 3.63) is 12.2 Å². The van der Waals surface area contributed by atoms with Gasteiger partial charge in [-0.2, -0.15) is 0 Å². The van der Waals surface area contributed by atoms with Gasteiger partial charge < -0.3 is 14.9 Å². The first-order valence-corrected chi connectivity index (χ1v) is 7.00. The maximum atomic E-state index is 10.2. The van der Waals surface area contributed by atoms with Crippen molar-refractivity contribution in [2.75, 3.05) is 6.61 Å². The zero-order chi connectivity index (χ0) is 13.2. The Balaban J connectivity index is 1.96. The number of hydrogen-bond acceptors (Lipinski definition) is 3. The maximum absolute atomic E-state index is 10.2. The van der Waals surface area contributed by atoms with E-state index in [1.54, 1.807) is 0 Å². The van der Waals surface area contributed by atoms with E-state index < -0.39 is 5.60 Å². The summed E-state index contributed by atoms with van der Waals surface area (Å²) in [6.07, 6.45) is 7.33. The summed E-state index contributed by atoms with van der Waals surface area (Å²) in [6, 6.07) is 0. The topological polar surface area (TPSA) is 53.0 Å². The summed E-state index contributed by atoms with van der Waals surface area (Å²) in [4.78, 5) is 0. The predicted molar refractivity (Wildman–Crippen MR) is 69.1 cm³/mol. The molecule has 0 bridgehead atoms. The monoisotopic (exact) mass is 252 g/mol. The van der Waals surface area contributed by atoms with Crippen molar-refractivity contribution < 1.29 is 14.9 Å². The van der Waals surface area contributed by atoms with Gasteiger partial charge in [0.25, 0.3) is 0 Å². The van der Waals surface area contributed by atoms with Crippen LogP contribution in [0.2, 0.25) is 0 Å². The van der Waals surface area contributed by atoms with E-state index in [9.17, 15) is 10.2 Å². The third-order valence-corrected chi connectivity index (χ3v) is 6.07. The number of ether oxygens (including phenoxy) is 1. The number of aliphatic hydroxyl groups is 2. The molecule has 18 heavy (non-hydrogen) atoms. The second kappa shape index (κ2) is 3.38. The van der Waals surface area contributed by atoms with E-state index in [4.69, 9.17) is 4.74 Å². The van der Waals surface area contributed by atoms with E-state index in [0.717, 1.165) is 25.7 Å². The summed E-state index contributed by atoms with van der Waals surface area (Å²) in [5, 5.41) is 20.3. The number of epoxide rings is 1. The SMILES string of the molecule is C[C@]1([C@]2(C)C=C[C@@](C)(O)CC2)CC[C@@H](O)[C@@]12CO2. The van der Waals surface area contributed by atoms with E-state index in [0.29, 0.717) is 6.61 Å². The molecular formula is C15H24O3. The average molecular weight is 252 g/mol. The highest BCUT2D eigenvalue weighted by Crippen LogP contribution is 2.66. The second-order valence-corrected chi connectivity index (χ2v) is 7.17. The van der Waals surface area contributed by atoms with E-state index in [2.05, 4.69) is 19.9 Å². The van der Waals surface area contributed by atoms with Crippen LogP contribution >= 0.6 is 0 Å². The fourth-order valence-corrected chi connectivity index (χ4v) is 4.10. The van der Waals surface area contributed by atoms with Crippen LogP contribution in [-0.4, -0.2) is 34.1 Å². The minimum absolute atomic E-state index is 0.00319. The highest BCUT2D eigenvalue weighted by molar-refractivity contribution is 5.26. The Bertz CT molecular complexity index is 397. The van der Waals surface area contributed by atoms with Gasteiger partial charge in [0.1, 0.15) is 5.60 Å². The molecule has 0 radical (unpaired) electrons. The number of hydrogen-bond donors (Lipinski definition) is 2. The zero-order valence-corrected chi connectivity index (χ0v) is 11.6. The summed E-state index contributed by atoms with van der Waals surface area (Å²) in [5.74, 6) is 0. The van der Waals surface area contributed by atoms with Crippen LogP contribution in [0.5, 0.6) is 0 Å². The molecule has 102 valence electrons. The second-order valence-electron chi connectivity index (χ2n) is 7.17. The van der Waals surface area contributed by atoms with Crippen LogP contribution in [0, 0.1) is 10.8 Å². The summed E-state index contributed by atoms with van der Waals surface area (Å²) < 4.78 is 5.71. The Kier molecular flexibility index (Phi) is 2.38. The molecule has 3 aliphatic rings. The minimum Gasteiger partial charge on any atom is -0.390 e. The Morgan fingerprint density at radius 1 is 1.11 bits per heavy atom. The largest absolute Gasteiger partial charge is 0.390 e. The van der Waals surface area contributed by atoms with Crippen LogP contribution in [-0.2, 0) is 4.74 Å². The third kappa shape index (κ3) is 1.41. The lowest BCUT2D eigenvalue weighted by Gasteiger charge is -2.49. The van der Waals surface area contributed by atoms with Crippen LogP contribution in [0.1, 0.15) is 46.5 Å². The van der Waals surface area contributed by atoms with Crippen molar-refractivity contribution in [2.24, 2.45) is 10.8 Å². The summed E-state index contributed by atoms with van der Waals surface area (Å²) in [7, 11) is 0. The van der Waals surface area contributed by atoms with Gasteiger partial charge in [0.15, 0.2) is 0 Å². The zero-order valence-electron chi connectivity index (χ0n) is 11.6. The van der Waals surface area contributed by atoms with Gasteiger partial charge in [-0.05, 0) is 38.0 Å². The molecule has 0 aromatic heterocycles. The Labute approximate surface area is 109 Å². The van der Waals surface area contributed by atoms with Gasteiger partial charge in [-0.1, -0.05) is 26.0 Å². The molecule has 0 aromatic rings. The van der Waals surface area contributed by atoms with Crippen LogP contribution in [0.25, 0.3) is 0 Å².